The van der Waals surface area contributed by atoms with Crippen molar-refractivity contribution in [2.75, 3.05) is 0 Å². The molecule has 162 valence electrons. The van der Waals surface area contributed by atoms with Crippen molar-refractivity contribution in [2.24, 2.45) is 22.7 Å². The molecule has 7 heteroatoms. The number of esters is 2. The molecule has 0 aromatic rings. The molecule has 1 aliphatic heterocycles. The Labute approximate surface area is 171 Å². The molecule has 0 aromatic heterocycles. The minimum atomic E-state index is -1.91. The fourth-order valence-corrected chi connectivity index (χ4v) is 7.21. The number of carbonyl (C=O) groups is 2. The number of carbonyl (C=O) groups excluding carboxylic acids is 2. The molecular weight excluding hydrogens is 376 g/mol. The zero-order valence-electron chi connectivity index (χ0n) is 17.8. The van der Waals surface area contributed by atoms with E-state index in [9.17, 15) is 24.9 Å². The zero-order valence-corrected chi connectivity index (χ0v) is 17.8. The molecule has 3 N–H and O–H groups in total. The van der Waals surface area contributed by atoms with Gasteiger partial charge < -0.3 is 24.8 Å². The zero-order chi connectivity index (χ0) is 21.6. The Balaban J connectivity index is 1.87. The lowest BCUT2D eigenvalue weighted by Gasteiger charge is -2.69. The average Bonchev–Trinajstić information content (AvgIpc) is 2.89. The summed E-state index contributed by atoms with van der Waals surface area (Å²) in [7, 11) is 0. The van der Waals surface area contributed by atoms with Gasteiger partial charge in [-0.15, -0.1) is 0 Å². The van der Waals surface area contributed by atoms with Gasteiger partial charge in [-0.2, -0.15) is 0 Å². The Morgan fingerprint density at radius 1 is 1.10 bits per heavy atom. The maximum Gasteiger partial charge on any atom is 0.333 e. The summed E-state index contributed by atoms with van der Waals surface area (Å²) in [5, 5.41) is 34.7. The Morgan fingerprint density at radius 3 is 2.38 bits per heavy atom. The third-order valence-electron chi connectivity index (χ3n) is 8.81. The van der Waals surface area contributed by atoms with E-state index in [-0.39, 0.29) is 17.9 Å². The molecule has 0 radical (unpaired) electrons. The van der Waals surface area contributed by atoms with Crippen LogP contribution < -0.4 is 0 Å². The molecule has 0 amide bonds. The van der Waals surface area contributed by atoms with Crippen molar-refractivity contribution < 1.29 is 34.4 Å². The van der Waals surface area contributed by atoms with E-state index in [1.807, 2.05) is 20.8 Å². The lowest BCUT2D eigenvalue weighted by molar-refractivity contribution is -0.310. The molecule has 3 saturated carbocycles. The summed E-state index contributed by atoms with van der Waals surface area (Å²) in [5.74, 6) is -3.75. The summed E-state index contributed by atoms with van der Waals surface area (Å²) in [6.45, 7) is 8.90. The third kappa shape index (κ3) is 2.47. The van der Waals surface area contributed by atoms with Crippen LogP contribution in [0.25, 0.3) is 0 Å². The first kappa shape index (κ1) is 20.8. The topological polar surface area (TPSA) is 113 Å². The molecule has 3 aliphatic carbocycles. The molecule has 3 fully saturated rings. The molecule has 7 nitrogen and oxygen atoms in total. The van der Waals surface area contributed by atoms with Crippen molar-refractivity contribution >= 4 is 11.9 Å². The average molecular weight is 408 g/mol. The number of hydrogen-bond donors (Lipinski definition) is 3. The highest BCUT2D eigenvalue weighted by molar-refractivity contribution is 5.87. The minimum absolute atomic E-state index is 0.0536. The molecule has 4 aliphatic rings. The lowest BCUT2D eigenvalue weighted by atomic mass is 9.39. The summed E-state index contributed by atoms with van der Waals surface area (Å²) in [6, 6.07) is 0. The van der Waals surface area contributed by atoms with Crippen molar-refractivity contribution in [2.45, 2.75) is 89.8 Å². The van der Waals surface area contributed by atoms with Gasteiger partial charge in [-0.25, -0.2) is 4.79 Å². The van der Waals surface area contributed by atoms with Crippen LogP contribution in [0.5, 0.6) is 0 Å². The summed E-state index contributed by atoms with van der Waals surface area (Å²) >= 11 is 0. The van der Waals surface area contributed by atoms with Crippen LogP contribution in [0.2, 0.25) is 0 Å². The van der Waals surface area contributed by atoms with Crippen LogP contribution in [0.4, 0.5) is 0 Å². The normalized spacial score (nSPS) is 50.6. The number of rotatable bonds is 1. The second kappa shape index (κ2) is 5.83. The molecule has 4 rings (SSSR count). The number of fused-ring (bicyclic) bond motifs is 4. The van der Waals surface area contributed by atoms with Crippen LogP contribution in [0.3, 0.4) is 0 Å². The Hall–Kier alpha value is -1.44. The number of aliphatic hydroxyl groups is 3. The van der Waals surface area contributed by atoms with Crippen molar-refractivity contribution in [3.8, 4) is 0 Å². The molecular formula is C22H32O7. The van der Waals surface area contributed by atoms with Gasteiger partial charge in [0.1, 0.15) is 6.10 Å². The fourth-order valence-electron chi connectivity index (χ4n) is 7.21. The molecule has 0 aromatic carbocycles. The molecule has 29 heavy (non-hydrogen) atoms. The molecule has 0 saturated heterocycles. The van der Waals surface area contributed by atoms with E-state index in [1.165, 1.54) is 13.0 Å². The van der Waals surface area contributed by atoms with Crippen molar-refractivity contribution in [1.82, 2.24) is 0 Å². The smallest absolute Gasteiger partial charge is 0.333 e. The van der Waals surface area contributed by atoms with Gasteiger partial charge in [0.2, 0.25) is 5.79 Å². The second-order valence-electron chi connectivity index (χ2n) is 10.5. The van der Waals surface area contributed by atoms with Crippen LogP contribution in [0.1, 0.15) is 66.7 Å². The Morgan fingerprint density at radius 2 is 1.76 bits per heavy atom. The first-order valence-electron chi connectivity index (χ1n) is 10.5. The first-order chi connectivity index (χ1) is 13.2. The van der Waals surface area contributed by atoms with Crippen molar-refractivity contribution in [3.63, 3.8) is 0 Å². The van der Waals surface area contributed by atoms with Gasteiger partial charge >= 0.3 is 11.9 Å². The quantitative estimate of drug-likeness (QED) is 0.567. The summed E-state index contributed by atoms with van der Waals surface area (Å²) in [4.78, 5) is 23.8. The minimum Gasteiger partial charge on any atom is -0.462 e. The van der Waals surface area contributed by atoms with Gasteiger partial charge in [0, 0.05) is 30.4 Å². The van der Waals surface area contributed by atoms with Gasteiger partial charge in [-0.05, 0) is 49.9 Å². The highest BCUT2D eigenvalue weighted by Crippen LogP contribution is 2.69. The predicted molar refractivity (Wildman–Crippen MR) is 102 cm³/mol. The second-order valence-corrected chi connectivity index (χ2v) is 10.5. The Bertz CT molecular complexity index is 799. The molecule has 0 bridgehead atoms. The first-order valence-corrected chi connectivity index (χ1v) is 10.5. The monoisotopic (exact) mass is 408 g/mol. The van der Waals surface area contributed by atoms with E-state index in [1.54, 1.807) is 6.92 Å². The van der Waals surface area contributed by atoms with E-state index in [0.29, 0.717) is 25.7 Å². The highest BCUT2D eigenvalue weighted by Gasteiger charge is 2.74. The predicted octanol–water partition coefficient (Wildman–Crippen LogP) is 1.83. The largest absolute Gasteiger partial charge is 0.462 e. The lowest BCUT2D eigenvalue weighted by Crippen LogP contribution is -2.74. The van der Waals surface area contributed by atoms with Crippen LogP contribution in [-0.2, 0) is 19.1 Å². The number of hydrogen-bond acceptors (Lipinski definition) is 7. The summed E-state index contributed by atoms with van der Waals surface area (Å²) < 4.78 is 11.0. The van der Waals surface area contributed by atoms with E-state index in [0.717, 1.165) is 0 Å². The van der Waals surface area contributed by atoms with Crippen LogP contribution in [0.15, 0.2) is 11.6 Å². The standard InChI is InChI=1S/C22H32O7/c1-12(23)28-16-7-8-18(2,3)22(27)9-6-13-14(19(16,22)4)11-21(26)15(20(13,5)25)10-17(24)29-21/h10,13-14,16,25-27H,6-9,11H2,1-5H3. The fraction of sp³-hybridized carbons (Fsp3) is 0.818. The van der Waals surface area contributed by atoms with Crippen molar-refractivity contribution in [3.05, 3.63) is 11.6 Å². The highest BCUT2D eigenvalue weighted by atomic mass is 16.7. The van der Waals surface area contributed by atoms with E-state index in [4.69, 9.17) is 9.47 Å². The van der Waals surface area contributed by atoms with Gasteiger partial charge in [0.05, 0.1) is 11.2 Å². The van der Waals surface area contributed by atoms with Gasteiger partial charge in [-0.3, -0.25) is 4.79 Å². The molecule has 1 heterocycles. The van der Waals surface area contributed by atoms with Gasteiger partial charge in [0.25, 0.3) is 0 Å². The van der Waals surface area contributed by atoms with E-state index >= 15 is 0 Å². The molecule has 0 spiro atoms. The Kier molecular flexibility index (Phi) is 4.18. The summed E-state index contributed by atoms with van der Waals surface area (Å²) in [6.07, 6.45) is 2.92. The van der Waals surface area contributed by atoms with Crippen LogP contribution >= 0.6 is 0 Å². The number of ether oxygens (including phenoxy) is 2. The maximum atomic E-state index is 12.1. The van der Waals surface area contributed by atoms with E-state index in [2.05, 4.69) is 0 Å². The van der Waals surface area contributed by atoms with Crippen LogP contribution in [0, 0.1) is 22.7 Å². The van der Waals surface area contributed by atoms with Crippen LogP contribution in [-0.4, -0.2) is 50.4 Å². The van der Waals surface area contributed by atoms with E-state index < -0.39 is 51.8 Å². The molecule has 7 unspecified atom stereocenters. The molecule has 7 atom stereocenters. The van der Waals surface area contributed by atoms with Gasteiger partial charge in [-0.1, -0.05) is 20.8 Å². The third-order valence-corrected chi connectivity index (χ3v) is 8.81. The maximum absolute atomic E-state index is 12.1. The summed E-state index contributed by atoms with van der Waals surface area (Å²) in [5.41, 5.74) is -3.83. The SMILES string of the molecule is CC(=O)OC1CCC(C)(C)C2(O)CCC3C(CC4(O)OC(=O)C=C4C3(C)O)C12C. The van der Waals surface area contributed by atoms with Gasteiger partial charge in [0.15, 0.2) is 0 Å². The van der Waals surface area contributed by atoms with Crippen molar-refractivity contribution in [1.29, 1.82) is 0 Å².